The molecule has 2 heterocycles. The monoisotopic (exact) mass is 264 g/mol. The summed E-state index contributed by atoms with van der Waals surface area (Å²) in [5, 5.41) is 0. The van der Waals surface area contributed by atoms with Crippen LogP contribution in [0, 0.1) is 5.41 Å². The molecule has 1 saturated heterocycles. The third-order valence-corrected chi connectivity index (χ3v) is 4.36. The molecule has 1 aliphatic heterocycles. The fourth-order valence-electron chi connectivity index (χ4n) is 2.57. The van der Waals surface area contributed by atoms with Gasteiger partial charge in [0, 0.05) is 13.1 Å². The van der Waals surface area contributed by atoms with Crippen LogP contribution in [0.1, 0.15) is 38.8 Å². The molecule has 0 unspecified atom stereocenters. The standard InChI is InChI=1S/C13H20N4S/c1-3-13(4-2)5-6-17(9-13)11-8-15-10(7-16-11)12(14)18/h7-8H,3-6,9H2,1-2H3,(H2,14,18). The summed E-state index contributed by atoms with van der Waals surface area (Å²) < 4.78 is 0. The second-order valence-electron chi connectivity index (χ2n) is 5.00. The van der Waals surface area contributed by atoms with Crippen molar-refractivity contribution >= 4 is 23.0 Å². The van der Waals surface area contributed by atoms with Crippen molar-refractivity contribution in [3.05, 3.63) is 18.1 Å². The molecule has 1 aromatic rings. The van der Waals surface area contributed by atoms with E-state index < -0.39 is 0 Å². The lowest BCUT2D eigenvalue weighted by Crippen LogP contribution is -2.27. The number of hydrogen-bond acceptors (Lipinski definition) is 4. The first-order chi connectivity index (χ1) is 8.60. The topological polar surface area (TPSA) is 55.0 Å². The van der Waals surface area contributed by atoms with Crippen molar-refractivity contribution in [2.24, 2.45) is 11.1 Å². The summed E-state index contributed by atoms with van der Waals surface area (Å²) in [5.41, 5.74) is 6.55. The smallest absolute Gasteiger partial charge is 0.147 e. The minimum Gasteiger partial charge on any atom is -0.388 e. The van der Waals surface area contributed by atoms with Gasteiger partial charge in [0.25, 0.3) is 0 Å². The molecule has 0 bridgehead atoms. The lowest BCUT2D eigenvalue weighted by Gasteiger charge is -2.26. The molecule has 1 fully saturated rings. The van der Waals surface area contributed by atoms with Gasteiger partial charge in [-0.15, -0.1) is 0 Å². The Balaban J connectivity index is 2.12. The van der Waals surface area contributed by atoms with Gasteiger partial charge >= 0.3 is 0 Å². The summed E-state index contributed by atoms with van der Waals surface area (Å²) >= 11 is 4.88. The van der Waals surface area contributed by atoms with Gasteiger partial charge in [0.05, 0.1) is 12.4 Å². The second-order valence-corrected chi connectivity index (χ2v) is 5.44. The van der Waals surface area contributed by atoms with Crippen LogP contribution in [0.25, 0.3) is 0 Å². The highest BCUT2D eigenvalue weighted by molar-refractivity contribution is 7.80. The summed E-state index contributed by atoms with van der Waals surface area (Å²) in [6, 6.07) is 0. The van der Waals surface area contributed by atoms with Gasteiger partial charge < -0.3 is 10.6 Å². The van der Waals surface area contributed by atoms with Crippen LogP contribution in [0.15, 0.2) is 12.4 Å². The molecule has 18 heavy (non-hydrogen) atoms. The van der Waals surface area contributed by atoms with Gasteiger partial charge in [-0.3, -0.25) is 0 Å². The zero-order chi connectivity index (χ0) is 13.2. The largest absolute Gasteiger partial charge is 0.388 e. The molecular weight excluding hydrogens is 244 g/mol. The molecule has 0 amide bonds. The van der Waals surface area contributed by atoms with E-state index in [0.29, 0.717) is 16.1 Å². The maximum absolute atomic E-state index is 5.52. The number of rotatable bonds is 4. The second kappa shape index (κ2) is 5.18. The molecule has 4 nitrogen and oxygen atoms in total. The van der Waals surface area contributed by atoms with E-state index in [1.807, 2.05) is 0 Å². The van der Waals surface area contributed by atoms with Gasteiger partial charge in [-0.25, -0.2) is 9.97 Å². The van der Waals surface area contributed by atoms with Gasteiger partial charge in [-0.2, -0.15) is 0 Å². The van der Waals surface area contributed by atoms with Crippen LogP contribution in [0.5, 0.6) is 0 Å². The summed E-state index contributed by atoms with van der Waals surface area (Å²) in [4.78, 5) is 11.3. The Bertz CT molecular complexity index is 425. The summed E-state index contributed by atoms with van der Waals surface area (Å²) in [6.45, 7) is 6.67. The quantitative estimate of drug-likeness (QED) is 0.844. The molecule has 0 radical (unpaired) electrons. The van der Waals surface area contributed by atoms with Crippen molar-refractivity contribution in [1.82, 2.24) is 9.97 Å². The summed E-state index contributed by atoms with van der Waals surface area (Å²) in [7, 11) is 0. The van der Waals surface area contributed by atoms with E-state index in [1.54, 1.807) is 12.4 Å². The van der Waals surface area contributed by atoms with Gasteiger partial charge in [0.15, 0.2) is 0 Å². The average molecular weight is 264 g/mol. The molecule has 0 spiro atoms. The van der Waals surface area contributed by atoms with Crippen LogP contribution in [0.3, 0.4) is 0 Å². The first kappa shape index (κ1) is 13.2. The number of hydrogen-bond donors (Lipinski definition) is 1. The fourth-order valence-corrected chi connectivity index (χ4v) is 2.67. The van der Waals surface area contributed by atoms with Crippen molar-refractivity contribution in [1.29, 1.82) is 0 Å². The molecule has 0 atom stereocenters. The van der Waals surface area contributed by atoms with Crippen molar-refractivity contribution < 1.29 is 0 Å². The Labute approximate surface area is 114 Å². The Morgan fingerprint density at radius 1 is 1.39 bits per heavy atom. The molecule has 0 aliphatic carbocycles. The van der Waals surface area contributed by atoms with Gasteiger partial charge in [0.2, 0.25) is 0 Å². The van der Waals surface area contributed by atoms with Crippen LogP contribution in [0.2, 0.25) is 0 Å². The highest BCUT2D eigenvalue weighted by Crippen LogP contribution is 2.38. The molecule has 98 valence electrons. The van der Waals surface area contributed by atoms with E-state index in [1.165, 1.54) is 19.3 Å². The van der Waals surface area contributed by atoms with Crippen LogP contribution in [0.4, 0.5) is 5.82 Å². The zero-order valence-electron chi connectivity index (χ0n) is 11.0. The first-order valence-corrected chi connectivity index (χ1v) is 6.88. The number of anilines is 1. The van der Waals surface area contributed by atoms with Crippen LogP contribution in [-0.4, -0.2) is 28.0 Å². The lowest BCUT2D eigenvalue weighted by molar-refractivity contribution is 0.301. The molecule has 2 rings (SSSR count). The predicted octanol–water partition coefficient (Wildman–Crippen LogP) is 2.13. The molecule has 0 saturated carbocycles. The summed E-state index contributed by atoms with van der Waals surface area (Å²) in [6.07, 6.45) is 7.11. The van der Waals surface area contributed by atoms with E-state index in [9.17, 15) is 0 Å². The van der Waals surface area contributed by atoms with Crippen LogP contribution >= 0.6 is 12.2 Å². The number of thiocarbonyl (C=S) groups is 1. The van der Waals surface area contributed by atoms with Gasteiger partial charge in [-0.05, 0) is 24.7 Å². The van der Waals surface area contributed by atoms with E-state index in [0.717, 1.165) is 18.9 Å². The molecule has 1 aliphatic rings. The SMILES string of the molecule is CCC1(CC)CCN(c2cnc(C(N)=S)cn2)C1. The minimum atomic E-state index is 0.298. The van der Waals surface area contributed by atoms with E-state index >= 15 is 0 Å². The Kier molecular flexibility index (Phi) is 3.80. The Hall–Kier alpha value is -1.23. The van der Waals surface area contributed by atoms with Crippen LogP contribution < -0.4 is 10.6 Å². The van der Waals surface area contributed by atoms with E-state index in [2.05, 4.69) is 28.7 Å². The number of aromatic nitrogens is 2. The normalized spacial score (nSPS) is 18.0. The van der Waals surface area contributed by atoms with Gasteiger partial charge in [0.1, 0.15) is 16.5 Å². The molecular formula is C13H20N4S. The van der Waals surface area contributed by atoms with Gasteiger partial charge in [-0.1, -0.05) is 26.1 Å². The summed E-state index contributed by atoms with van der Waals surface area (Å²) in [5.74, 6) is 0.929. The third kappa shape index (κ3) is 2.46. The third-order valence-electron chi connectivity index (χ3n) is 4.15. The molecule has 2 N–H and O–H groups in total. The van der Waals surface area contributed by atoms with E-state index in [-0.39, 0.29) is 0 Å². The maximum atomic E-state index is 5.52. The van der Waals surface area contributed by atoms with Crippen molar-refractivity contribution in [3.63, 3.8) is 0 Å². The molecule has 1 aromatic heterocycles. The number of nitrogens with zero attached hydrogens (tertiary/aromatic N) is 3. The fraction of sp³-hybridized carbons (Fsp3) is 0.615. The van der Waals surface area contributed by atoms with Crippen molar-refractivity contribution in [2.45, 2.75) is 33.1 Å². The molecule has 0 aromatic carbocycles. The molecule has 5 heteroatoms. The Morgan fingerprint density at radius 3 is 2.56 bits per heavy atom. The highest BCUT2D eigenvalue weighted by Gasteiger charge is 2.35. The first-order valence-electron chi connectivity index (χ1n) is 6.47. The van der Waals surface area contributed by atoms with E-state index in [4.69, 9.17) is 18.0 Å². The minimum absolute atomic E-state index is 0.298. The average Bonchev–Trinajstić information content (AvgIpc) is 2.84. The van der Waals surface area contributed by atoms with Crippen LogP contribution in [-0.2, 0) is 0 Å². The predicted molar refractivity (Wildman–Crippen MR) is 77.8 cm³/mol. The van der Waals surface area contributed by atoms with Crippen molar-refractivity contribution in [2.75, 3.05) is 18.0 Å². The highest BCUT2D eigenvalue weighted by atomic mass is 32.1. The lowest BCUT2D eigenvalue weighted by atomic mass is 9.82. The Morgan fingerprint density at radius 2 is 2.11 bits per heavy atom. The number of nitrogens with two attached hydrogens (primary N) is 1. The zero-order valence-corrected chi connectivity index (χ0v) is 11.8. The van der Waals surface area contributed by atoms with Crippen molar-refractivity contribution in [3.8, 4) is 0 Å². The maximum Gasteiger partial charge on any atom is 0.147 e.